The van der Waals surface area contributed by atoms with Gasteiger partial charge in [0.05, 0.1) is 25.2 Å². The van der Waals surface area contributed by atoms with Gasteiger partial charge in [-0.05, 0) is 54.6 Å². The molecule has 168 valence electrons. The first kappa shape index (κ1) is 21.9. The maximum atomic E-state index is 13.7. The number of sulfonamides is 1. The van der Waals surface area contributed by atoms with Crippen LogP contribution in [0.2, 0.25) is 0 Å². The first-order valence-electron chi connectivity index (χ1n) is 10.1. The van der Waals surface area contributed by atoms with Crippen molar-refractivity contribution in [1.82, 2.24) is 8.87 Å². The van der Waals surface area contributed by atoms with E-state index in [1.807, 2.05) is 24.4 Å². The lowest BCUT2D eigenvalue weighted by Gasteiger charge is -2.37. The summed E-state index contributed by atoms with van der Waals surface area (Å²) in [4.78, 5) is 11.4. The van der Waals surface area contributed by atoms with Gasteiger partial charge in [0, 0.05) is 43.2 Å². The second-order valence-electron chi connectivity index (χ2n) is 7.46. The molecule has 4 rings (SSSR count). The topological polar surface area (TPSA) is 89.9 Å². The van der Waals surface area contributed by atoms with Crippen molar-refractivity contribution in [2.24, 2.45) is 0 Å². The molecule has 3 aromatic rings. The van der Waals surface area contributed by atoms with Crippen LogP contribution in [0.15, 0.2) is 65.7 Å². The van der Waals surface area contributed by atoms with Crippen LogP contribution in [0.1, 0.15) is 24.2 Å². The number of carbonyl (C=O) groups is 1. The summed E-state index contributed by atoms with van der Waals surface area (Å²) in [5.74, 6) is 0.968. The molecule has 32 heavy (non-hydrogen) atoms. The summed E-state index contributed by atoms with van der Waals surface area (Å²) in [7, 11) is -0.727. The lowest BCUT2D eigenvalue weighted by Crippen LogP contribution is -2.42. The van der Waals surface area contributed by atoms with Gasteiger partial charge in [0.1, 0.15) is 11.5 Å². The molecule has 0 spiro atoms. The third kappa shape index (κ3) is 3.96. The highest BCUT2D eigenvalue weighted by Crippen LogP contribution is 2.41. The molecular formula is C23H25N3O5S. The molecule has 0 saturated heterocycles. The molecule has 0 unspecified atom stereocenters. The molecular weight excluding hydrogens is 430 g/mol. The number of rotatable bonds is 6. The molecule has 1 aliphatic rings. The molecule has 0 fully saturated rings. The number of nitrogens with zero attached hydrogens (tertiary/aromatic N) is 2. The van der Waals surface area contributed by atoms with Crippen molar-refractivity contribution in [2.75, 3.05) is 26.1 Å². The molecule has 1 aromatic heterocycles. The number of hydrogen-bond donors (Lipinski definition) is 1. The molecule has 8 nitrogen and oxygen atoms in total. The Labute approximate surface area is 187 Å². The molecule has 0 saturated carbocycles. The average molecular weight is 456 g/mol. The van der Waals surface area contributed by atoms with Crippen molar-refractivity contribution in [1.29, 1.82) is 0 Å². The van der Waals surface area contributed by atoms with Gasteiger partial charge < -0.3 is 19.4 Å². The Kier molecular flexibility index (Phi) is 5.94. The van der Waals surface area contributed by atoms with Gasteiger partial charge in [-0.3, -0.25) is 4.79 Å². The van der Waals surface area contributed by atoms with E-state index < -0.39 is 16.1 Å². The summed E-state index contributed by atoms with van der Waals surface area (Å²) >= 11 is 0. The van der Waals surface area contributed by atoms with Gasteiger partial charge in [0.25, 0.3) is 0 Å². The minimum absolute atomic E-state index is 0.151. The fourth-order valence-electron chi connectivity index (χ4n) is 4.04. The number of nitrogens with one attached hydrogen (secondary N) is 1. The zero-order chi connectivity index (χ0) is 22.9. The van der Waals surface area contributed by atoms with E-state index in [4.69, 9.17) is 9.47 Å². The number of anilines is 1. The summed E-state index contributed by atoms with van der Waals surface area (Å²) < 4.78 is 42.0. The first-order chi connectivity index (χ1) is 15.3. The minimum Gasteiger partial charge on any atom is -0.497 e. The van der Waals surface area contributed by atoms with Crippen molar-refractivity contribution < 1.29 is 22.7 Å². The molecule has 2 aromatic carbocycles. The highest BCUT2D eigenvalue weighted by atomic mass is 32.2. The normalized spacial score (nSPS) is 16.3. The van der Waals surface area contributed by atoms with Crippen molar-refractivity contribution in [3.05, 3.63) is 72.1 Å². The van der Waals surface area contributed by atoms with Crippen molar-refractivity contribution in [2.45, 2.75) is 24.4 Å². The largest absolute Gasteiger partial charge is 0.497 e. The molecule has 1 atom stereocenters. The molecule has 2 heterocycles. The second-order valence-corrected chi connectivity index (χ2v) is 9.35. The molecule has 1 N–H and O–H groups in total. The zero-order valence-corrected chi connectivity index (χ0v) is 18.9. The Balaban J connectivity index is 1.82. The summed E-state index contributed by atoms with van der Waals surface area (Å²) in [5.41, 5.74) is 2.08. The Morgan fingerprint density at radius 2 is 1.78 bits per heavy atom. The van der Waals surface area contributed by atoms with Gasteiger partial charge in [-0.1, -0.05) is 0 Å². The smallest absolute Gasteiger partial charge is 0.244 e. The van der Waals surface area contributed by atoms with E-state index in [0.717, 1.165) is 5.69 Å². The van der Waals surface area contributed by atoms with E-state index in [2.05, 4.69) is 9.88 Å². The van der Waals surface area contributed by atoms with Gasteiger partial charge in [0.2, 0.25) is 15.9 Å². The van der Waals surface area contributed by atoms with Gasteiger partial charge in [-0.15, -0.1) is 0 Å². The van der Waals surface area contributed by atoms with Crippen molar-refractivity contribution in [3.8, 4) is 11.5 Å². The van der Waals surface area contributed by atoms with Crippen LogP contribution in [0.25, 0.3) is 0 Å². The number of aromatic nitrogens is 1. The summed E-state index contributed by atoms with van der Waals surface area (Å²) in [6.07, 6.45) is 1.95. The lowest BCUT2D eigenvalue weighted by molar-refractivity contribution is -0.114. The van der Waals surface area contributed by atoms with E-state index >= 15 is 0 Å². The molecule has 1 amide bonds. The summed E-state index contributed by atoms with van der Waals surface area (Å²) in [6.45, 7) is 2.23. The summed E-state index contributed by atoms with van der Waals surface area (Å²) in [6, 6.07) is 14.8. The maximum Gasteiger partial charge on any atom is 0.244 e. The van der Waals surface area contributed by atoms with Crippen LogP contribution in [0, 0.1) is 0 Å². The number of amides is 1. The number of benzene rings is 2. The predicted octanol–water partition coefficient (Wildman–Crippen LogP) is 3.26. The highest BCUT2D eigenvalue weighted by Gasteiger charge is 2.39. The quantitative estimate of drug-likeness (QED) is 0.616. The standard InChI is InChI=1S/C23H25N3O5S/c1-16(27)24-17-6-9-19(10-7-17)32(28,29)26-14-13-25-12-4-5-21(25)23(26)20-15-18(30-2)8-11-22(20)31-3/h4-12,15,23H,13-14H2,1-3H3,(H,24,27)/t23-/m0/s1. The minimum atomic E-state index is -3.86. The Morgan fingerprint density at radius 3 is 2.44 bits per heavy atom. The van der Waals surface area contributed by atoms with Crippen molar-refractivity contribution >= 4 is 21.6 Å². The summed E-state index contributed by atoms with van der Waals surface area (Å²) in [5, 5.41) is 2.65. The van der Waals surface area contributed by atoms with Gasteiger partial charge in [-0.2, -0.15) is 4.31 Å². The highest BCUT2D eigenvalue weighted by molar-refractivity contribution is 7.89. The number of carbonyl (C=O) groups excluding carboxylic acids is 1. The Bertz CT molecular complexity index is 1230. The predicted molar refractivity (Wildman–Crippen MR) is 120 cm³/mol. The molecule has 0 bridgehead atoms. The van der Waals surface area contributed by atoms with E-state index in [0.29, 0.717) is 35.8 Å². The number of methoxy groups -OCH3 is 2. The fourth-order valence-corrected chi connectivity index (χ4v) is 5.61. The SMILES string of the molecule is COc1ccc(OC)c([C@H]2c3cccn3CCN2S(=O)(=O)c2ccc(NC(C)=O)cc2)c1. The third-order valence-corrected chi connectivity index (χ3v) is 7.39. The maximum absolute atomic E-state index is 13.7. The number of hydrogen-bond acceptors (Lipinski definition) is 5. The van der Waals surface area contributed by atoms with Crippen LogP contribution in [-0.2, 0) is 21.4 Å². The van der Waals surface area contributed by atoms with Crippen LogP contribution in [0.3, 0.4) is 0 Å². The Hall–Kier alpha value is -3.30. The zero-order valence-electron chi connectivity index (χ0n) is 18.1. The average Bonchev–Trinajstić information content (AvgIpc) is 3.27. The van der Waals surface area contributed by atoms with E-state index in [1.165, 1.54) is 23.4 Å². The van der Waals surface area contributed by atoms with Gasteiger partial charge in [-0.25, -0.2) is 8.42 Å². The van der Waals surface area contributed by atoms with Crippen LogP contribution >= 0.6 is 0 Å². The van der Waals surface area contributed by atoms with E-state index in [1.54, 1.807) is 38.5 Å². The van der Waals surface area contributed by atoms with E-state index in [-0.39, 0.29) is 10.8 Å². The van der Waals surface area contributed by atoms with Gasteiger partial charge >= 0.3 is 0 Å². The van der Waals surface area contributed by atoms with Crippen molar-refractivity contribution in [3.63, 3.8) is 0 Å². The monoisotopic (exact) mass is 455 g/mol. The molecule has 0 aliphatic carbocycles. The fraction of sp³-hybridized carbons (Fsp3) is 0.261. The lowest BCUT2D eigenvalue weighted by atomic mass is 10.0. The number of ether oxygens (including phenoxy) is 2. The van der Waals surface area contributed by atoms with Crippen LogP contribution in [0.5, 0.6) is 11.5 Å². The number of fused-ring (bicyclic) bond motifs is 1. The van der Waals surface area contributed by atoms with Crippen LogP contribution in [0.4, 0.5) is 5.69 Å². The molecule has 0 radical (unpaired) electrons. The third-order valence-electron chi connectivity index (χ3n) is 5.51. The molecule has 9 heteroatoms. The first-order valence-corrected chi connectivity index (χ1v) is 11.6. The Morgan fingerprint density at radius 1 is 1.03 bits per heavy atom. The second kappa shape index (κ2) is 8.68. The van der Waals surface area contributed by atoms with E-state index in [9.17, 15) is 13.2 Å². The van der Waals surface area contributed by atoms with Crippen LogP contribution in [-0.4, -0.2) is 44.0 Å². The molecule has 1 aliphatic heterocycles. The van der Waals surface area contributed by atoms with Crippen LogP contribution < -0.4 is 14.8 Å². The van der Waals surface area contributed by atoms with Gasteiger partial charge in [0.15, 0.2) is 0 Å².